The molecule has 1 aromatic carbocycles. The van der Waals surface area contributed by atoms with Crippen molar-refractivity contribution in [3.63, 3.8) is 0 Å². The largest absolute Gasteiger partial charge is 0.425 e. The summed E-state index contributed by atoms with van der Waals surface area (Å²) in [5, 5.41) is 2.43. The molecule has 0 bridgehead atoms. The molecule has 0 aliphatic rings. The van der Waals surface area contributed by atoms with Gasteiger partial charge in [0.2, 0.25) is 11.8 Å². The van der Waals surface area contributed by atoms with E-state index in [0.29, 0.717) is 5.75 Å². The predicted octanol–water partition coefficient (Wildman–Crippen LogP) is -0.0186. The van der Waals surface area contributed by atoms with Gasteiger partial charge in [0, 0.05) is 42.9 Å². The van der Waals surface area contributed by atoms with E-state index in [9.17, 15) is 14.4 Å². The summed E-state index contributed by atoms with van der Waals surface area (Å²) in [5.74, 6) is -1.16. The molecule has 0 unspecified atom stereocenters. The van der Waals surface area contributed by atoms with Crippen molar-refractivity contribution in [1.29, 1.82) is 0 Å². The maximum Gasteiger partial charge on any atom is 0.334 e. The van der Waals surface area contributed by atoms with Crippen LogP contribution >= 0.6 is 0 Å². The zero-order chi connectivity index (χ0) is 14.3. The summed E-state index contributed by atoms with van der Waals surface area (Å²) in [6.45, 7) is 1.28. The number of hydrogen-bond acceptors (Lipinski definition) is 4. The second-order valence-corrected chi connectivity index (χ2v) is 3.99. The van der Waals surface area contributed by atoms with Crippen molar-refractivity contribution in [1.82, 2.24) is 5.32 Å². The topological polar surface area (TPSA) is 98.5 Å². The molecule has 6 nitrogen and oxygen atoms in total. The molecule has 20 heavy (non-hydrogen) atoms. The molecule has 0 aliphatic carbocycles. The Morgan fingerprint density at radius 3 is 2.35 bits per heavy atom. The Kier molecular flexibility index (Phi) is 8.87. The van der Waals surface area contributed by atoms with Crippen molar-refractivity contribution in [3.05, 3.63) is 30.3 Å². The molecule has 1 radical (unpaired) electrons. The Hall–Kier alpha value is -1.37. The van der Waals surface area contributed by atoms with E-state index in [1.807, 2.05) is 0 Å². The fourth-order valence-electron chi connectivity index (χ4n) is 1.46. The van der Waals surface area contributed by atoms with Crippen LogP contribution in [0.3, 0.4) is 0 Å². The molecule has 1 aromatic rings. The first kappa shape index (κ1) is 18.6. The quantitative estimate of drug-likeness (QED) is 0.436. The Balaban J connectivity index is 0.00000361. The van der Waals surface area contributed by atoms with E-state index < -0.39 is 17.9 Å². The van der Waals surface area contributed by atoms with Crippen LogP contribution in [0.25, 0.3) is 0 Å². The number of ether oxygens (including phenoxy) is 1. The Morgan fingerprint density at radius 1 is 1.25 bits per heavy atom. The van der Waals surface area contributed by atoms with Crippen LogP contribution in [0.1, 0.15) is 19.8 Å². The first-order valence-corrected chi connectivity index (χ1v) is 5.81. The SMILES string of the molecule is CC(=O)N[C@@H](CCC(N)=O)C(=O)Oc1ccccc1.[Na]. The summed E-state index contributed by atoms with van der Waals surface area (Å²) in [6.07, 6.45) is 0.107. The van der Waals surface area contributed by atoms with Crippen molar-refractivity contribution >= 4 is 47.3 Å². The third-order valence-electron chi connectivity index (χ3n) is 2.30. The first-order chi connectivity index (χ1) is 8.99. The van der Waals surface area contributed by atoms with Gasteiger partial charge in [-0.05, 0) is 18.6 Å². The number of hydrogen-bond donors (Lipinski definition) is 2. The molecule has 0 saturated carbocycles. The normalized spacial score (nSPS) is 10.8. The molecular formula is C13H16N2NaO4. The summed E-state index contributed by atoms with van der Waals surface area (Å²) in [7, 11) is 0. The average Bonchev–Trinajstić information content (AvgIpc) is 2.35. The zero-order valence-corrected chi connectivity index (χ0v) is 13.6. The maximum absolute atomic E-state index is 11.9. The van der Waals surface area contributed by atoms with E-state index in [1.54, 1.807) is 30.3 Å². The van der Waals surface area contributed by atoms with Gasteiger partial charge in [0.1, 0.15) is 11.8 Å². The number of carbonyl (C=O) groups excluding carboxylic acids is 3. The van der Waals surface area contributed by atoms with Crippen LogP contribution in [0, 0.1) is 0 Å². The van der Waals surface area contributed by atoms with Gasteiger partial charge in [-0.25, -0.2) is 4.79 Å². The zero-order valence-electron chi connectivity index (χ0n) is 11.6. The summed E-state index contributed by atoms with van der Waals surface area (Å²) < 4.78 is 5.10. The standard InChI is InChI=1S/C13H16N2O4.Na/c1-9(16)15-11(7-8-12(14)17)13(18)19-10-5-3-2-4-6-10;/h2-6,11H,7-8H2,1H3,(H2,14,17)(H,15,16);/t11-;/m0./s1. The van der Waals surface area contributed by atoms with Crippen LogP contribution in [-0.4, -0.2) is 53.4 Å². The van der Waals surface area contributed by atoms with Crippen molar-refractivity contribution in [3.8, 4) is 5.75 Å². The van der Waals surface area contributed by atoms with Gasteiger partial charge in [0.25, 0.3) is 0 Å². The smallest absolute Gasteiger partial charge is 0.334 e. The van der Waals surface area contributed by atoms with E-state index in [4.69, 9.17) is 10.5 Å². The van der Waals surface area contributed by atoms with E-state index in [2.05, 4.69) is 5.32 Å². The first-order valence-electron chi connectivity index (χ1n) is 5.81. The molecule has 7 heteroatoms. The van der Waals surface area contributed by atoms with Crippen LogP contribution in [0.5, 0.6) is 5.75 Å². The molecule has 1 rings (SSSR count). The summed E-state index contributed by atoms with van der Waals surface area (Å²) in [6, 6.07) is 7.59. The molecule has 103 valence electrons. The third kappa shape index (κ3) is 7.28. The second kappa shape index (κ2) is 9.52. The number of nitrogens with one attached hydrogen (secondary N) is 1. The number of esters is 1. The van der Waals surface area contributed by atoms with Crippen LogP contribution < -0.4 is 15.8 Å². The summed E-state index contributed by atoms with van der Waals surface area (Å²) in [4.78, 5) is 33.6. The van der Waals surface area contributed by atoms with Gasteiger partial charge in [-0.15, -0.1) is 0 Å². The van der Waals surface area contributed by atoms with E-state index in [0.717, 1.165) is 0 Å². The van der Waals surface area contributed by atoms with Gasteiger partial charge in [-0.3, -0.25) is 9.59 Å². The number of rotatable bonds is 6. The van der Waals surface area contributed by atoms with Gasteiger partial charge < -0.3 is 15.8 Å². The van der Waals surface area contributed by atoms with Gasteiger partial charge in [-0.1, -0.05) is 18.2 Å². The average molecular weight is 287 g/mol. The molecule has 0 heterocycles. The Morgan fingerprint density at radius 2 is 1.85 bits per heavy atom. The summed E-state index contributed by atoms with van der Waals surface area (Å²) >= 11 is 0. The Bertz CT molecular complexity index is 465. The third-order valence-corrected chi connectivity index (χ3v) is 2.30. The fraction of sp³-hybridized carbons (Fsp3) is 0.308. The monoisotopic (exact) mass is 287 g/mol. The van der Waals surface area contributed by atoms with Gasteiger partial charge in [0.05, 0.1) is 0 Å². The van der Waals surface area contributed by atoms with E-state index in [-0.39, 0.29) is 48.3 Å². The Labute approximate surface area is 139 Å². The van der Waals surface area contributed by atoms with Gasteiger partial charge in [-0.2, -0.15) is 0 Å². The van der Waals surface area contributed by atoms with Crippen LogP contribution in [0.2, 0.25) is 0 Å². The number of para-hydroxylation sites is 1. The molecule has 0 aromatic heterocycles. The number of carbonyl (C=O) groups is 3. The molecule has 0 aliphatic heterocycles. The minimum atomic E-state index is -0.884. The number of amides is 2. The van der Waals surface area contributed by atoms with Crippen LogP contribution in [-0.2, 0) is 14.4 Å². The van der Waals surface area contributed by atoms with Crippen LogP contribution in [0.4, 0.5) is 0 Å². The van der Waals surface area contributed by atoms with Gasteiger partial charge >= 0.3 is 5.97 Å². The second-order valence-electron chi connectivity index (χ2n) is 3.99. The fourth-order valence-corrected chi connectivity index (χ4v) is 1.46. The molecule has 2 amide bonds. The predicted molar refractivity (Wildman–Crippen MR) is 73.9 cm³/mol. The molecule has 1 atom stereocenters. The van der Waals surface area contributed by atoms with Crippen molar-refractivity contribution in [2.75, 3.05) is 0 Å². The number of benzene rings is 1. The maximum atomic E-state index is 11.9. The molecule has 0 spiro atoms. The minimum absolute atomic E-state index is 0. The van der Waals surface area contributed by atoms with Crippen molar-refractivity contribution in [2.24, 2.45) is 5.73 Å². The molecule has 0 saturated heterocycles. The summed E-state index contributed by atoms with van der Waals surface area (Å²) in [5.41, 5.74) is 5.02. The number of nitrogens with two attached hydrogens (primary N) is 1. The van der Waals surface area contributed by atoms with Gasteiger partial charge in [0.15, 0.2) is 0 Å². The molecule has 0 fully saturated rings. The molecule has 3 N–H and O–H groups in total. The minimum Gasteiger partial charge on any atom is -0.425 e. The van der Waals surface area contributed by atoms with E-state index >= 15 is 0 Å². The molecular weight excluding hydrogens is 271 g/mol. The van der Waals surface area contributed by atoms with Crippen molar-refractivity contribution < 1.29 is 19.1 Å². The number of primary amides is 1. The van der Waals surface area contributed by atoms with Crippen molar-refractivity contribution in [2.45, 2.75) is 25.8 Å². The van der Waals surface area contributed by atoms with Crippen LogP contribution in [0.15, 0.2) is 30.3 Å². The van der Waals surface area contributed by atoms with E-state index in [1.165, 1.54) is 6.92 Å².